The maximum Gasteiger partial charge on any atom is 0.255 e. The molecule has 144 valence electrons. The van der Waals surface area contributed by atoms with Crippen molar-refractivity contribution in [2.24, 2.45) is 0 Å². The van der Waals surface area contributed by atoms with E-state index in [4.69, 9.17) is 14.2 Å². The normalized spacial score (nSPS) is 20.4. The maximum atomic E-state index is 12.9. The fourth-order valence-electron chi connectivity index (χ4n) is 4.26. The lowest BCUT2D eigenvalue weighted by molar-refractivity contribution is -0.0361. The van der Waals surface area contributed by atoms with Gasteiger partial charge in [-0.05, 0) is 25.0 Å². The molecule has 6 heteroatoms. The Bertz CT molecular complexity index is 608. The lowest BCUT2D eigenvalue weighted by Crippen LogP contribution is -2.59. The summed E-state index contributed by atoms with van der Waals surface area (Å²) in [4.78, 5) is 15.4. The third-order valence-electron chi connectivity index (χ3n) is 5.69. The van der Waals surface area contributed by atoms with E-state index >= 15 is 0 Å². The fourth-order valence-corrected chi connectivity index (χ4v) is 4.26. The van der Waals surface area contributed by atoms with E-state index in [-0.39, 0.29) is 11.4 Å². The van der Waals surface area contributed by atoms with E-state index in [0.29, 0.717) is 23.6 Å². The van der Waals surface area contributed by atoms with Crippen LogP contribution in [0.3, 0.4) is 0 Å². The van der Waals surface area contributed by atoms with Crippen molar-refractivity contribution in [3.8, 4) is 11.5 Å². The fraction of sp³-hybridized carbons (Fsp3) is 0.650. The summed E-state index contributed by atoms with van der Waals surface area (Å²) in [6.45, 7) is 4.10. The van der Waals surface area contributed by atoms with Crippen LogP contribution < -0.4 is 14.8 Å². The third-order valence-corrected chi connectivity index (χ3v) is 5.69. The van der Waals surface area contributed by atoms with Crippen LogP contribution in [-0.2, 0) is 4.74 Å². The summed E-state index contributed by atoms with van der Waals surface area (Å²) in [6, 6.07) is 5.39. The van der Waals surface area contributed by atoms with Crippen LogP contribution in [0, 0.1) is 0 Å². The van der Waals surface area contributed by atoms with Gasteiger partial charge in [-0.25, -0.2) is 0 Å². The van der Waals surface area contributed by atoms with Crippen LogP contribution in [-0.4, -0.2) is 63.4 Å². The number of hydrogen-bond acceptors (Lipinski definition) is 5. The van der Waals surface area contributed by atoms with Crippen molar-refractivity contribution in [2.45, 2.75) is 37.6 Å². The number of nitrogens with one attached hydrogen (secondary N) is 1. The summed E-state index contributed by atoms with van der Waals surface area (Å²) in [5.74, 6) is 0.941. The van der Waals surface area contributed by atoms with Crippen molar-refractivity contribution >= 4 is 5.91 Å². The van der Waals surface area contributed by atoms with E-state index in [2.05, 4.69) is 10.2 Å². The largest absolute Gasteiger partial charge is 0.493 e. The number of methoxy groups -OCH3 is 2. The number of nitrogens with zero attached hydrogens (tertiary/aromatic N) is 1. The highest BCUT2D eigenvalue weighted by molar-refractivity contribution is 5.97. The lowest BCUT2D eigenvalue weighted by Gasteiger charge is -2.48. The van der Waals surface area contributed by atoms with Gasteiger partial charge in [0.05, 0.1) is 33.0 Å². The standard InChI is InChI=1S/C20H30N2O4/c1-24-17-8-6-7-16(18(17)25-2)19(23)21-15-20(9-4-3-5-10-20)22-11-13-26-14-12-22/h6-8H,3-5,9-15H2,1-2H3,(H,21,23). The van der Waals surface area contributed by atoms with E-state index in [1.807, 2.05) is 6.07 Å². The smallest absolute Gasteiger partial charge is 0.255 e. The van der Waals surface area contributed by atoms with Crippen LogP contribution in [0.1, 0.15) is 42.5 Å². The molecular formula is C20H30N2O4. The van der Waals surface area contributed by atoms with Crippen molar-refractivity contribution in [1.82, 2.24) is 10.2 Å². The molecule has 1 heterocycles. The van der Waals surface area contributed by atoms with Gasteiger partial charge in [-0.15, -0.1) is 0 Å². The summed E-state index contributed by atoms with van der Waals surface area (Å²) < 4.78 is 16.2. The van der Waals surface area contributed by atoms with Gasteiger partial charge in [0.1, 0.15) is 0 Å². The summed E-state index contributed by atoms with van der Waals surface area (Å²) in [5, 5.41) is 3.18. The second-order valence-corrected chi connectivity index (χ2v) is 7.11. The van der Waals surface area contributed by atoms with E-state index in [1.165, 1.54) is 19.3 Å². The molecule has 0 bridgehead atoms. The van der Waals surface area contributed by atoms with Gasteiger partial charge in [0.2, 0.25) is 0 Å². The van der Waals surface area contributed by atoms with Crippen LogP contribution in [0.2, 0.25) is 0 Å². The molecule has 1 aromatic rings. The summed E-state index contributed by atoms with van der Waals surface area (Å²) in [7, 11) is 3.14. The van der Waals surface area contributed by atoms with Gasteiger partial charge < -0.3 is 19.5 Å². The molecule has 0 aromatic heterocycles. The average molecular weight is 362 g/mol. The molecule has 0 unspecified atom stereocenters. The molecule has 6 nitrogen and oxygen atoms in total. The van der Waals surface area contributed by atoms with Crippen LogP contribution >= 0.6 is 0 Å². The van der Waals surface area contributed by atoms with Crippen LogP contribution in [0.4, 0.5) is 0 Å². The van der Waals surface area contributed by atoms with Crippen molar-refractivity contribution in [3.05, 3.63) is 23.8 Å². The molecule has 3 rings (SSSR count). The molecular weight excluding hydrogens is 332 g/mol. The second-order valence-electron chi connectivity index (χ2n) is 7.11. The first-order valence-corrected chi connectivity index (χ1v) is 9.52. The summed E-state index contributed by atoms with van der Waals surface area (Å²) in [5.41, 5.74) is 0.559. The van der Waals surface area contributed by atoms with Crippen molar-refractivity contribution in [3.63, 3.8) is 0 Å². The molecule has 1 aromatic carbocycles. The molecule has 0 radical (unpaired) electrons. The molecule has 2 fully saturated rings. The number of carbonyl (C=O) groups excluding carboxylic acids is 1. The van der Waals surface area contributed by atoms with Gasteiger partial charge in [0, 0.05) is 25.2 Å². The number of para-hydroxylation sites is 1. The first kappa shape index (κ1) is 19.0. The lowest BCUT2D eigenvalue weighted by atomic mass is 9.79. The molecule has 1 saturated carbocycles. The number of rotatable bonds is 6. The number of amides is 1. The second kappa shape index (κ2) is 8.73. The van der Waals surface area contributed by atoms with Crippen molar-refractivity contribution in [2.75, 3.05) is 47.1 Å². The van der Waals surface area contributed by atoms with E-state index in [1.54, 1.807) is 26.4 Å². The molecule has 1 aliphatic heterocycles. The molecule has 1 aliphatic carbocycles. The Labute approximate surface area is 155 Å². The first-order chi connectivity index (χ1) is 12.7. The molecule has 1 saturated heterocycles. The van der Waals surface area contributed by atoms with E-state index in [9.17, 15) is 4.79 Å². The highest BCUT2D eigenvalue weighted by atomic mass is 16.5. The van der Waals surface area contributed by atoms with Gasteiger partial charge in [0.25, 0.3) is 5.91 Å². The van der Waals surface area contributed by atoms with Crippen LogP contribution in [0.5, 0.6) is 11.5 Å². The summed E-state index contributed by atoms with van der Waals surface area (Å²) in [6.07, 6.45) is 5.97. The van der Waals surface area contributed by atoms with Gasteiger partial charge in [-0.3, -0.25) is 9.69 Å². The Morgan fingerprint density at radius 1 is 1.15 bits per heavy atom. The molecule has 26 heavy (non-hydrogen) atoms. The predicted octanol–water partition coefficient (Wildman–Crippen LogP) is 2.47. The Kier molecular flexibility index (Phi) is 6.38. The quantitative estimate of drug-likeness (QED) is 0.842. The van der Waals surface area contributed by atoms with Crippen LogP contribution in [0.15, 0.2) is 18.2 Å². The van der Waals surface area contributed by atoms with Crippen molar-refractivity contribution < 1.29 is 19.0 Å². The molecule has 1 N–H and O–H groups in total. The Morgan fingerprint density at radius 2 is 1.88 bits per heavy atom. The number of morpholine rings is 1. The van der Waals surface area contributed by atoms with E-state index < -0.39 is 0 Å². The van der Waals surface area contributed by atoms with E-state index in [0.717, 1.165) is 39.1 Å². The molecule has 0 spiro atoms. The first-order valence-electron chi connectivity index (χ1n) is 9.52. The number of carbonyl (C=O) groups is 1. The van der Waals surface area contributed by atoms with Gasteiger partial charge in [0.15, 0.2) is 11.5 Å². The SMILES string of the molecule is COc1cccc(C(=O)NCC2(N3CCOCC3)CCCCC2)c1OC. The monoisotopic (exact) mass is 362 g/mol. The third kappa shape index (κ3) is 3.96. The Hall–Kier alpha value is -1.79. The zero-order chi connectivity index (χ0) is 18.4. The van der Waals surface area contributed by atoms with Gasteiger partial charge in [-0.1, -0.05) is 25.3 Å². The molecule has 2 aliphatic rings. The minimum atomic E-state index is -0.112. The number of ether oxygens (including phenoxy) is 3. The minimum absolute atomic E-state index is 0.0454. The topological polar surface area (TPSA) is 60.0 Å². The zero-order valence-corrected chi connectivity index (χ0v) is 15.9. The predicted molar refractivity (Wildman–Crippen MR) is 100 cm³/mol. The Morgan fingerprint density at radius 3 is 2.54 bits per heavy atom. The highest BCUT2D eigenvalue weighted by Gasteiger charge is 2.39. The van der Waals surface area contributed by atoms with Gasteiger partial charge >= 0.3 is 0 Å². The maximum absolute atomic E-state index is 12.9. The average Bonchev–Trinajstić information content (AvgIpc) is 2.72. The number of hydrogen-bond donors (Lipinski definition) is 1. The molecule has 1 amide bonds. The van der Waals surface area contributed by atoms with Crippen molar-refractivity contribution in [1.29, 1.82) is 0 Å². The van der Waals surface area contributed by atoms with Crippen LogP contribution in [0.25, 0.3) is 0 Å². The Balaban J connectivity index is 1.74. The number of benzene rings is 1. The minimum Gasteiger partial charge on any atom is -0.493 e. The molecule has 0 atom stereocenters. The zero-order valence-electron chi connectivity index (χ0n) is 15.9. The van der Waals surface area contributed by atoms with Gasteiger partial charge in [-0.2, -0.15) is 0 Å². The summed E-state index contributed by atoms with van der Waals surface area (Å²) >= 11 is 0. The highest BCUT2D eigenvalue weighted by Crippen LogP contribution is 2.34.